The number of hydrogen-bond acceptors (Lipinski definition) is 4. The molecule has 2 N–H and O–H groups in total. The number of rotatable bonds is 5. The van der Waals surface area contributed by atoms with Gasteiger partial charge < -0.3 is 14.5 Å². The molecule has 1 atom stereocenters. The first-order chi connectivity index (χ1) is 9.15. The molecule has 0 fully saturated rings. The number of nitrogens with one attached hydrogen (secondary N) is 2. The second-order valence-electron chi connectivity index (χ2n) is 4.30. The van der Waals surface area contributed by atoms with Gasteiger partial charge in [-0.25, -0.2) is 0 Å². The van der Waals surface area contributed by atoms with Crippen molar-refractivity contribution in [1.29, 1.82) is 0 Å². The zero-order valence-electron chi connectivity index (χ0n) is 11.3. The Balaban J connectivity index is 2.18. The molecular weight excluding hydrogens is 244 g/mol. The van der Waals surface area contributed by atoms with Gasteiger partial charge in [-0.3, -0.25) is 10.1 Å². The van der Waals surface area contributed by atoms with Crippen molar-refractivity contribution in [2.75, 3.05) is 20.7 Å². The molecule has 2 aromatic rings. The number of furan rings is 1. The molecule has 2 rings (SSSR count). The normalized spacial score (nSPS) is 12.4. The maximum absolute atomic E-state index is 11.2. The zero-order chi connectivity index (χ0) is 13.8. The van der Waals surface area contributed by atoms with E-state index in [9.17, 15) is 4.79 Å². The van der Waals surface area contributed by atoms with Crippen molar-refractivity contribution in [2.24, 2.45) is 0 Å². The Morgan fingerprint density at radius 1 is 1.47 bits per heavy atom. The molecule has 0 radical (unpaired) electrons. The molecule has 1 heterocycles. The van der Waals surface area contributed by atoms with E-state index in [2.05, 4.69) is 10.6 Å². The summed E-state index contributed by atoms with van der Waals surface area (Å²) in [6.07, 6.45) is 0. The van der Waals surface area contributed by atoms with E-state index in [-0.39, 0.29) is 18.5 Å². The molecule has 19 heavy (non-hydrogen) atoms. The predicted octanol–water partition coefficient (Wildman–Crippen LogP) is 1.84. The number of carbonyl (C=O) groups excluding carboxylic acids is 1. The number of likely N-dealkylation sites (N-methyl/N-ethyl adjacent to an activating group) is 1. The maximum atomic E-state index is 11.2. The summed E-state index contributed by atoms with van der Waals surface area (Å²) in [5, 5.41) is 6.65. The summed E-state index contributed by atoms with van der Waals surface area (Å²) < 4.78 is 11.1. The minimum Gasteiger partial charge on any atom is -0.493 e. The molecular formula is C14H18N2O3. The lowest BCUT2D eigenvalue weighted by molar-refractivity contribution is -0.119. The van der Waals surface area contributed by atoms with E-state index in [0.29, 0.717) is 5.75 Å². The van der Waals surface area contributed by atoms with Crippen LogP contribution in [0.2, 0.25) is 0 Å². The molecule has 102 valence electrons. The highest BCUT2D eigenvalue weighted by Gasteiger charge is 2.14. The average molecular weight is 262 g/mol. The zero-order valence-corrected chi connectivity index (χ0v) is 11.3. The molecule has 1 unspecified atom stereocenters. The van der Waals surface area contributed by atoms with E-state index >= 15 is 0 Å². The first-order valence-corrected chi connectivity index (χ1v) is 6.16. The molecule has 0 aliphatic heterocycles. The second-order valence-corrected chi connectivity index (χ2v) is 4.30. The number of benzene rings is 1. The minimum atomic E-state index is -0.0551. The Labute approximate surface area is 111 Å². The molecule has 0 aliphatic carbocycles. The Hall–Kier alpha value is -2.01. The summed E-state index contributed by atoms with van der Waals surface area (Å²) in [5.74, 6) is 1.44. The quantitative estimate of drug-likeness (QED) is 0.863. The van der Waals surface area contributed by atoms with Crippen LogP contribution in [0.5, 0.6) is 5.75 Å². The van der Waals surface area contributed by atoms with Gasteiger partial charge in [0.2, 0.25) is 5.91 Å². The van der Waals surface area contributed by atoms with E-state index in [0.717, 1.165) is 16.7 Å². The van der Waals surface area contributed by atoms with Crippen molar-refractivity contribution >= 4 is 16.9 Å². The standard InChI is InChI=1S/C14H18N2O3/c1-9(16-8-13(17)15-2)12-7-10-5-4-6-11(18-3)14(10)19-12/h4-7,9,16H,8H2,1-3H3,(H,15,17). The van der Waals surface area contributed by atoms with Crippen LogP contribution in [0.15, 0.2) is 28.7 Å². The Kier molecular flexibility index (Phi) is 4.06. The number of amides is 1. The number of methoxy groups -OCH3 is 1. The Bertz CT molecular complexity index is 577. The van der Waals surface area contributed by atoms with Crippen molar-refractivity contribution < 1.29 is 13.9 Å². The smallest absolute Gasteiger partial charge is 0.233 e. The minimum absolute atomic E-state index is 0.0468. The number of fused-ring (bicyclic) bond motifs is 1. The SMILES string of the molecule is CNC(=O)CNC(C)c1cc2cccc(OC)c2o1. The van der Waals surface area contributed by atoms with Crippen LogP contribution in [-0.4, -0.2) is 26.6 Å². The average Bonchev–Trinajstić information content (AvgIpc) is 2.88. The van der Waals surface area contributed by atoms with Gasteiger partial charge in [-0.15, -0.1) is 0 Å². The predicted molar refractivity (Wildman–Crippen MR) is 73.3 cm³/mol. The van der Waals surface area contributed by atoms with Gasteiger partial charge in [-0.05, 0) is 19.1 Å². The number of hydrogen-bond donors (Lipinski definition) is 2. The molecule has 1 aromatic heterocycles. The highest BCUT2D eigenvalue weighted by molar-refractivity contribution is 5.83. The first-order valence-electron chi connectivity index (χ1n) is 6.16. The van der Waals surface area contributed by atoms with Crippen LogP contribution in [0.4, 0.5) is 0 Å². The molecule has 5 heteroatoms. The molecule has 0 bridgehead atoms. The van der Waals surface area contributed by atoms with Crippen LogP contribution in [0.25, 0.3) is 11.0 Å². The third-order valence-electron chi connectivity index (χ3n) is 3.02. The maximum Gasteiger partial charge on any atom is 0.233 e. The van der Waals surface area contributed by atoms with Gasteiger partial charge in [0.15, 0.2) is 11.3 Å². The van der Waals surface area contributed by atoms with Crippen LogP contribution in [0, 0.1) is 0 Å². The largest absolute Gasteiger partial charge is 0.493 e. The summed E-state index contributed by atoms with van der Waals surface area (Å²) >= 11 is 0. The molecule has 0 aliphatic rings. The third kappa shape index (κ3) is 2.88. The monoisotopic (exact) mass is 262 g/mol. The van der Waals surface area contributed by atoms with Crippen LogP contribution in [-0.2, 0) is 4.79 Å². The van der Waals surface area contributed by atoms with Gasteiger partial charge in [0.05, 0.1) is 19.7 Å². The highest BCUT2D eigenvalue weighted by Crippen LogP contribution is 2.30. The Morgan fingerprint density at radius 3 is 2.95 bits per heavy atom. The number of carbonyl (C=O) groups is 1. The van der Waals surface area contributed by atoms with Crippen molar-refractivity contribution in [3.63, 3.8) is 0 Å². The van der Waals surface area contributed by atoms with Crippen molar-refractivity contribution in [3.05, 3.63) is 30.0 Å². The summed E-state index contributed by atoms with van der Waals surface area (Å²) in [5.41, 5.74) is 0.730. The molecule has 1 aromatic carbocycles. The molecule has 0 saturated heterocycles. The van der Waals surface area contributed by atoms with Gasteiger partial charge in [-0.1, -0.05) is 12.1 Å². The summed E-state index contributed by atoms with van der Waals surface area (Å²) in [6.45, 7) is 2.21. The molecule has 0 spiro atoms. The fourth-order valence-electron chi connectivity index (χ4n) is 1.87. The van der Waals surface area contributed by atoms with E-state index < -0.39 is 0 Å². The fourth-order valence-corrected chi connectivity index (χ4v) is 1.87. The van der Waals surface area contributed by atoms with Gasteiger partial charge >= 0.3 is 0 Å². The van der Waals surface area contributed by atoms with E-state index in [1.807, 2.05) is 31.2 Å². The lowest BCUT2D eigenvalue weighted by atomic mass is 10.2. The van der Waals surface area contributed by atoms with Crippen molar-refractivity contribution in [2.45, 2.75) is 13.0 Å². The summed E-state index contributed by atoms with van der Waals surface area (Å²) in [7, 11) is 3.23. The first kappa shape index (κ1) is 13.4. The fraction of sp³-hybridized carbons (Fsp3) is 0.357. The van der Waals surface area contributed by atoms with Gasteiger partial charge in [-0.2, -0.15) is 0 Å². The van der Waals surface area contributed by atoms with Crippen LogP contribution >= 0.6 is 0 Å². The van der Waals surface area contributed by atoms with Crippen molar-refractivity contribution in [3.8, 4) is 5.75 Å². The topological polar surface area (TPSA) is 63.5 Å². The third-order valence-corrected chi connectivity index (χ3v) is 3.02. The lowest BCUT2D eigenvalue weighted by Crippen LogP contribution is -2.32. The van der Waals surface area contributed by atoms with Gasteiger partial charge in [0.25, 0.3) is 0 Å². The summed E-state index contributed by atoms with van der Waals surface area (Å²) in [4.78, 5) is 11.2. The van der Waals surface area contributed by atoms with E-state index in [1.54, 1.807) is 14.2 Å². The van der Waals surface area contributed by atoms with Crippen LogP contribution < -0.4 is 15.4 Å². The Morgan fingerprint density at radius 2 is 2.26 bits per heavy atom. The van der Waals surface area contributed by atoms with Gasteiger partial charge in [0.1, 0.15) is 5.76 Å². The number of para-hydroxylation sites is 1. The van der Waals surface area contributed by atoms with Crippen molar-refractivity contribution in [1.82, 2.24) is 10.6 Å². The van der Waals surface area contributed by atoms with Gasteiger partial charge in [0, 0.05) is 12.4 Å². The van der Waals surface area contributed by atoms with Crippen LogP contribution in [0.1, 0.15) is 18.7 Å². The van der Waals surface area contributed by atoms with Crippen LogP contribution in [0.3, 0.4) is 0 Å². The number of ether oxygens (including phenoxy) is 1. The second kappa shape index (κ2) is 5.75. The highest BCUT2D eigenvalue weighted by atomic mass is 16.5. The van der Waals surface area contributed by atoms with E-state index in [4.69, 9.17) is 9.15 Å². The molecule has 0 saturated carbocycles. The summed E-state index contributed by atoms with van der Waals surface area (Å²) in [6, 6.07) is 7.66. The molecule has 5 nitrogen and oxygen atoms in total. The lowest BCUT2D eigenvalue weighted by Gasteiger charge is -2.09. The molecule has 1 amide bonds. The van der Waals surface area contributed by atoms with E-state index in [1.165, 1.54) is 0 Å².